The van der Waals surface area contributed by atoms with E-state index in [-0.39, 0.29) is 18.1 Å². The van der Waals surface area contributed by atoms with Crippen molar-refractivity contribution in [1.29, 1.82) is 0 Å². The van der Waals surface area contributed by atoms with Gasteiger partial charge >= 0.3 is 0 Å². The highest BCUT2D eigenvalue weighted by Crippen LogP contribution is 2.28. The first-order chi connectivity index (χ1) is 8.66. The predicted molar refractivity (Wildman–Crippen MR) is 63.2 cm³/mol. The molecule has 1 amide bonds. The Balaban J connectivity index is 1.97. The first-order valence-corrected chi connectivity index (χ1v) is 6.11. The summed E-state index contributed by atoms with van der Waals surface area (Å²) in [7, 11) is 1.88. The number of amides is 1. The van der Waals surface area contributed by atoms with Gasteiger partial charge in [-0.25, -0.2) is 0 Å². The van der Waals surface area contributed by atoms with Crippen LogP contribution in [0.3, 0.4) is 0 Å². The summed E-state index contributed by atoms with van der Waals surface area (Å²) in [6, 6.07) is 0. The van der Waals surface area contributed by atoms with Crippen molar-refractivity contribution in [1.82, 2.24) is 9.78 Å². The predicted octanol–water partition coefficient (Wildman–Crippen LogP) is 0.189. The summed E-state index contributed by atoms with van der Waals surface area (Å²) in [5, 5.41) is 4.42. The summed E-state index contributed by atoms with van der Waals surface area (Å²) in [4.78, 5) is 24.8. The maximum atomic E-state index is 11.9. The molecule has 0 aliphatic carbocycles. The van der Waals surface area contributed by atoms with Crippen LogP contribution in [0.5, 0.6) is 0 Å². The lowest BCUT2D eigenvalue weighted by Crippen LogP contribution is -2.40. The molecule has 0 bridgehead atoms. The van der Waals surface area contributed by atoms with E-state index in [9.17, 15) is 9.59 Å². The first-order valence-electron chi connectivity index (χ1n) is 6.11. The second-order valence-electron chi connectivity index (χ2n) is 4.69. The van der Waals surface area contributed by atoms with E-state index in [0.29, 0.717) is 32.0 Å². The van der Waals surface area contributed by atoms with Crippen molar-refractivity contribution < 1.29 is 14.3 Å². The van der Waals surface area contributed by atoms with Gasteiger partial charge < -0.3 is 4.74 Å². The molecule has 0 radical (unpaired) electrons. The van der Waals surface area contributed by atoms with Crippen molar-refractivity contribution in [3.05, 3.63) is 11.3 Å². The van der Waals surface area contributed by atoms with Crippen LogP contribution in [-0.2, 0) is 34.4 Å². The molecule has 0 saturated carbocycles. The van der Waals surface area contributed by atoms with E-state index < -0.39 is 0 Å². The zero-order valence-corrected chi connectivity index (χ0v) is 10.3. The number of nitrogens with zero attached hydrogens (tertiary/aromatic N) is 3. The highest BCUT2D eigenvalue weighted by atomic mass is 16.5. The van der Waals surface area contributed by atoms with Gasteiger partial charge in [-0.15, -0.1) is 0 Å². The standard InChI is InChI=1S/C12H15N3O3/c1-14-10-3-5-18-7-9(10)12(13-14)15-4-2-8(16)6-11(15)17/h2-7H2,1H3. The second-order valence-corrected chi connectivity index (χ2v) is 4.69. The Morgan fingerprint density at radius 3 is 2.89 bits per heavy atom. The number of rotatable bonds is 1. The largest absolute Gasteiger partial charge is 0.376 e. The number of piperidine rings is 1. The fraction of sp³-hybridized carbons (Fsp3) is 0.583. The highest BCUT2D eigenvalue weighted by Gasteiger charge is 2.31. The lowest BCUT2D eigenvalue weighted by atomic mass is 10.1. The third-order valence-electron chi connectivity index (χ3n) is 3.50. The van der Waals surface area contributed by atoms with E-state index in [4.69, 9.17) is 4.74 Å². The van der Waals surface area contributed by atoms with Gasteiger partial charge in [0.05, 0.1) is 19.6 Å². The number of aryl methyl sites for hydroxylation is 1. The van der Waals surface area contributed by atoms with E-state index in [0.717, 1.165) is 17.7 Å². The van der Waals surface area contributed by atoms with Gasteiger partial charge in [0.15, 0.2) is 5.82 Å². The molecule has 1 saturated heterocycles. The van der Waals surface area contributed by atoms with E-state index in [1.807, 2.05) is 11.7 Å². The fourth-order valence-corrected chi connectivity index (χ4v) is 2.55. The van der Waals surface area contributed by atoms with Crippen molar-refractivity contribution in [3.8, 4) is 0 Å². The monoisotopic (exact) mass is 249 g/mol. The lowest BCUT2D eigenvalue weighted by Gasteiger charge is -2.25. The van der Waals surface area contributed by atoms with Crippen LogP contribution in [0.25, 0.3) is 0 Å². The molecule has 1 aromatic heterocycles. The summed E-state index contributed by atoms with van der Waals surface area (Å²) in [6.45, 7) is 1.62. The molecule has 2 aliphatic rings. The van der Waals surface area contributed by atoms with Gasteiger partial charge in [-0.2, -0.15) is 5.10 Å². The molecule has 18 heavy (non-hydrogen) atoms. The number of hydrogen-bond donors (Lipinski definition) is 0. The van der Waals surface area contributed by atoms with Crippen molar-refractivity contribution in [2.75, 3.05) is 18.1 Å². The minimum atomic E-state index is -0.155. The number of carbonyl (C=O) groups is 2. The maximum Gasteiger partial charge on any atom is 0.235 e. The average molecular weight is 249 g/mol. The van der Waals surface area contributed by atoms with Crippen LogP contribution in [0.4, 0.5) is 5.82 Å². The summed E-state index contributed by atoms with van der Waals surface area (Å²) >= 11 is 0. The summed E-state index contributed by atoms with van der Waals surface area (Å²) in [6.07, 6.45) is 1.23. The Bertz CT molecular complexity index is 521. The van der Waals surface area contributed by atoms with Crippen LogP contribution in [-0.4, -0.2) is 34.6 Å². The topological polar surface area (TPSA) is 64.4 Å². The second kappa shape index (κ2) is 4.20. The molecule has 96 valence electrons. The molecule has 3 rings (SSSR count). The molecule has 1 aromatic rings. The maximum absolute atomic E-state index is 11.9. The molecule has 0 spiro atoms. The van der Waals surface area contributed by atoms with Crippen molar-refractivity contribution in [2.45, 2.75) is 25.9 Å². The van der Waals surface area contributed by atoms with Crippen LogP contribution < -0.4 is 4.90 Å². The summed E-state index contributed by atoms with van der Waals surface area (Å²) in [5.74, 6) is 0.528. The molecular formula is C12H15N3O3. The average Bonchev–Trinajstić information content (AvgIpc) is 2.68. The number of carbonyl (C=O) groups excluding carboxylic acids is 2. The minimum absolute atomic E-state index is 0.00773. The van der Waals surface area contributed by atoms with Crippen LogP contribution in [0, 0.1) is 0 Å². The van der Waals surface area contributed by atoms with Gasteiger partial charge in [0, 0.05) is 37.7 Å². The quantitative estimate of drug-likeness (QED) is 0.666. The lowest BCUT2D eigenvalue weighted by molar-refractivity contribution is -0.128. The van der Waals surface area contributed by atoms with Gasteiger partial charge in [-0.05, 0) is 0 Å². The van der Waals surface area contributed by atoms with Gasteiger partial charge in [-0.1, -0.05) is 0 Å². The fourth-order valence-electron chi connectivity index (χ4n) is 2.55. The Kier molecular flexibility index (Phi) is 2.66. The highest BCUT2D eigenvalue weighted by molar-refractivity contribution is 6.08. The van der Waals surface area contributed by atoms with E-state index >= 15 is 0 Å². The summed E-state index contributed by atoms with van der Waals surface area (Å²) in [5.41, 5.74) is 2.12. The van der Waals surface area contributed by atoms with Gasteiger partial charge in [0.25, 0.3) is 0 Å². The normalized spacial score (nSPS) is 20.2. The first kappa shape index (κ1) is 11.4. The molecule has 6 heteroatoms. The number of ether oxygens (including phenoxy) is 1. The number of aromatic nitrogens is 2. The van der Waals surface area contributed by atoms with Crippen molar-refractivity contribution in [3.63, 3.8) is 0 Å². The van der Waals surface area contributed by atoms with Gasteiger partial charge in [0.1, 0.15) is 5.78 Å². The Morgan fingerprint density at radius 2 is 2.11 bits per heavy atom. The smallest absolute Gasteiger partial charge is 0.235 e. The number of ketones is 1. The Morgan fingerprint density at radius 1 is 1.28 bits per heavy atom. The van der Waals surface area contributed by atoms with Gasteiger partial charge in [0.2, 0.25) is 5.91 Å². The van der Waals surface area contributed by atoms with Crippen LogP contribution in [0.1, 0.15) is 24.1 Å². The molecule has 0 unspecified atom stereocenters. The van der Waals surface area contributed by atoms with Crippen LogP contribution >= 0.6 is 0 Å². The Labute approximate surface area is 105 Å². The molecular weight excluding hydrogens is 234 g/mol. The number of Topliss-reactive ketones (excluding diaryl/α,β-unsaturated/α-hetero) is 1. The number of hydrogen-bond acceptors (Lipinski definition) is 4. The zero-order chi connectivity index (χ0) is 12.7. The van der Waals surface area contributed by atoms with Crippen LogP contribution in [0.15, 0.2) is 0 Å². The molecule has 0 N–H and O–H groups in total. The van der Waals surface area contributed by atoms with Crippen molar-refractivity contribution in [2.24, 2.45) is 7.05 Å². The van der Waals surface area contributed by atoms with E-state index in [1.54, 1.807) is 4.90 Å². The molecule has 1 fully saturated rings. The number of fused-ring (bicyclic) bond motifs is 1. The Hall–Kier alpha value is -1.69. The molecule has 0 aromatic carbocycles. The molecule has 2 aliphatic heterocycles. The molecule has 3 heterocycles. The van der Waals surface area contributed by atoms with E-state index in [2.05, 4.69) is 5.10 Å². The SMILES string of the molecule is Cn1nc(N2CCC(=O)CC2=O)c2c1CCOC2. The minimum Gasteiger partial charge on any atom is -0.376 e. The zero-order valence-electron chi connectivity index (χ0n) is 10.3. The third-order valence-corrected chi connectivity index (χ3v) is 3.50. The number of anilines is 1. The van der Waals surface area contributed by atoms with E-state index in [1.165, 1.54) is 0 Å². The molecule has 0 atom stereocenters. The third kappa shape index (κ3) is 1.73. The van der Waals surface area contributed by atoms with Crippen LogP contribution in [0.2, 0.25) is 0 Å². The van der Waals surface area contributed by atoms with Crippen molar-refractivity contribution >= 4 is 17.5 Å². The molecule has 6 nitrogen and oxygen atoms in total. The summed E-state index contributed by atoms with van der Waals surface area (Å²) < 4.78 is 7.26. The van der Waals surface area contributed by atoms with Gasteiger partial charge in [-0.3, -0.25) is 19.2 Å².